The third kappa shape index (κ3) is 9.17. The fourth-order valence-electron chi connectivity index (χ4n) is 4.51. The van der Waals surface area contributed by atoms with Gasteiger partial charge in [-0.05, 0) is 38.1 Å². The van der Waals surface area contributed by atoms with E-state index in [4.69, 9.17) is 10.3 Å². The lowest BCUT2D eigenvalue weighted by Gasteiger charge is -2.29. The normalized spacial score (nSPS) is 24.2. The topological polar surface area (TPSA) is 186 Å². The second-order valence-electron chi connectivity index (χ2n) is 10.8. The zero-order valence-electron chi connectivity index (χ0n) is 23.2. The van der Waals surface area contributed by atoms with Gasteiger partial charge in [0, 0.05) is 11.3 Å². The van der Waals surface area contributed by atoms with E-state index in [0.29, 0.717) is 12.8 Å². The number of likely N-dealkylation sites (tertiary alicyclic amines) is 1. The number of ketones is 1. The summed E-state index contributed by atoms with van der Waals surface area (Å²) in [5.41, 5.74) is 7.41. The number of hydrogen-bond donors (Lipinski definition) is 3. The van der Waals surface area contributed by atoms with Gasteiger partial charge in [-0.1, -0.05) is 38.7 Å². The molecule has 0 spiro atoms. The molecule has 2 saturated heterocycles. The fraction of sp³-hybridized carbons (Fsp3) is 0.800. The Labute approximate surface area is 227 Å². The van der Waals surface area contributed by atoms with Crippen molar-refractivity contribution in [3.63, 3.8) is 0 Å². The van der Waals surface area contributed by atoms with Crippen molar-refractivity contribution in [2.75, 3.05) is 19.7 Å². The molecule has 2 aliphatic heterocycles. The van der Waals surface area contributed by atoms with E-state index >= 15 is 0 Å². The molecule has 0 aromatic carbocycles. The van der Waals surface area contributed by atoms with E-state index in [1.807, 2.05) is 20.8 Å². The van der Waals surface area contributed by atoms with Crippen LogP contribution in [-0.2, 0) is 28.7 Å². The van der Waals surface area contributed by atoms with E-state index in [0.717, 1.165) is 11.3 Å². The van der Waals surface area contributed by atoms with Gasteiger partial charge in [0.25, 0.3) is 0 Å². The van der Waals surface area contributed by atoms with Gasteiger partial charge < -0.3 is 25.6 Å². The number of azide groups is 1. The van der Waals surface area contributed by atoms with Gasteiger partial charge in [-0.2, -0.15) is 0 Å². The molecule has 2 fully saturated rings. The number of rotatable bonds is 15. The van der Waals surface area contributed by atoms with Gasteiger partial charge in [0.2, 0.25) is 23.6 Å². The first-order chi connectivity index (χ1) is 18.3. The molecule has 6 atom stereocenters. The van der Waals surface area contributed by atoms with Crippen LogP contribution >= 0.6 is 0 Å². The quantitative estimate of drug-likeness (QED) is 0.119. The Bertz CT molecular complexity index is 982. The summed E-state index contributed by atoms with van der Waals surface area (Å²) >= 11 is 0. The van der Waals surface area contributed by atoms with Crippen molar-refractivity contribution in [2.24, 2.45) is 11.0 Å². The van der Waals surface area contributed by atoms with Crippen LogP contribution in [-0.4, -0.2) is 89.9 Å². The number of alkyl halides is 1. The number of Topliss-reactive ketones (excluding diaryl/α,β-unsaturated/α-hetero) is 1. The molecule has 2 heterocycles. The van der Waals surface area contributed by atoms with E-state index in [-0.39, 0.29) is 37.7 Å². The summed E-state index contributed by atoms with van der Waals surface area (Å²) < 4.78 is 19.7. The fourth-order valence-corrected chi connectivity index (χ4v) is 4.51. The van der Waals surface area contributed by atoms with Gasteiger partial charge in [-0.15, -0.1) is 0 Å². The summed E-state index contributed by atoms with van der Waals surface area (Å²) in [4.78, 5) is 67.8. The van der Waals surface area contributed by atoms with Crippen molar-refractivity contribution >= 4 is 29.4 Å². The predicted molar refractivity (Wildman–Crippen MR) is 139 cm³/mol. The SMILES string of the molecule is CCCC[C@H](NC(=O)[C@@H]1C[C@H](F)CN1C(=O)[C@H](C)NC(=O)CN=[N+]=[N-])C(=O)N[C@@H](CC(C)C)C(=O)[C@@]1(C)CO1. The Kier molecular flexibility index (Phi) is 11.7. The van der Waals surface area contributed by atoms with Crippen LogP contribution in [0.25, 0.3) is 10.4 Å². The predicted octanol–water partition coefficient (Wildman–Crippen LogP) is 1.30. The van der Waals surface area contributed by atoms with Gasteiger partial charge in [0.1, 0.15) is 36.4 Å². The highest BCUT2D eigenvalue weighted by Gasteiger charge is 2.50. The van der Waals surface area contributed by atoms with Crippen LogP contribution in [0, 0.1) is 5.92 Å². The largest absolute Gasteiger partial charge is 0.361 e. The van der Waals surface area contributed by atoms with Gasteiger partial charge in [-0.3, -0.25) is 24.0 Å². The van der Waals surface area contributed by atoms with Crippen molar-refractivity contribution < 1.29 is 33.1 Å². The minimum absolute atomic E-state index is 0.110. The van der Waals surface area contributed by atoms with Crippen molar-refractivity contribution in [1.82, 2.24) is 20.9 Å². The highest BCUT2D eigenvalue weighted by molar-refractivity contribution is 5.98. The number of carbonyl (C=O) groups is 5. The molecular weight excluding hydrogens is 513 g/mol. The average Bonchev–Trinajstić information content (AvgIpc) is 3.51. The number of amides is 4. The number of hydrogen-bond acceptors (Lipinski definition) is 7. The monoisotopic (exact) mass is 553 g/mol. The minimum atomic E-state index is -1.47. The molecule has 39 heavy (non-hydrogen) atoms. The molecule has 0 aromatic rings. The second-order valence-corrected chi connectivity index (χ2v) is 10.8. The number of nitrogens with one attached hydrogen (secondary N) is 3. The molecule has 0 radical (unpaired) electrons. The summed E-state index contributed by atoms with van der Waals surface area (Å²) in [6.45, 7) is 8.26. The zero-order valence-corrected chi connectivity index (χ0v) is 23.2. The molecule has 0 aromatic heterocycles. The van der Waals surface area contributed by atoms with E-state index < -0.39 is 66.1 Å². The lowest BCUT2D eigenvalue weighted by molar-refractivity contribution is -0.142. The average molecular weight is 554 g/mol. The Morgan fingerprint density at radius 1 is 1.15 bits per heavy atom. The zero-order chi connectivity index (χ0) is 29.3. The lowest BCUT2D eigenvalue weighted by atomic mass is 9.93. The summed E-state index contributed by atoms with van der Waals surface area (Å²) in [5.74, 6) is -2.73. The van der Waals surface area contributed by atoms with E-state index in [2.05, 4.69) is 26.0 Å². The van der Waals surface area contributed by atoms with E-state index in [1.54, 1.807) is 6.92 Å². The minimum Gasteiger partial charge on any atom is -0.361 e. The highest BCUT2D eigenvalue weighted by Crippen LogP contribution is 2.30. The van der Waals surface area contributed by atoms with Crippen LogP contribution in [0.1, 0.15) is 66.7 Å². The van der Waals surface area contributed by atoms with Gasteiger partial charge >= 0.3 is 0 Å². The molecule has 2 rings (SSSR count). The number of ether oxygens (including phenoxy) is 1. The first kappa shape index (κ1) is 32.0. The molecule has 0 bridgehead atoms. The number of unbranched alkanes of at least 4 members (excludes halogenated alkanes) is 1. The van der Waals surface area contributed by atoms with Crippen LogP contribution in [0.2, 0.25) is 0 Å². The number of halogens is 1. The maximum absolute atomic E-state index is 14.4. The number of epoxide rings is 1. The van der Waals surface area contributed by atoms with Gasteiger partial charge in [-0.25, -0.2) is 4.39 Å². The Morgan fingerprint density at radius 2 is 1.82 bits per heavy atom. The Hall–Kier alpha value is -3.25. The molecule has 13 nitrogen and oxygen atoms in total. The van der Waals surface area contributed by atoms with Crippen LogP contribution in [0.3, 0.4) is 0 Å². The molecule has 218 valence electrons. The molecule has 4 amide bonds. The molecule has 0 saturated carbocycles. The molecule has 0 unspecified atom stereocenters. The van der Waals surface area contributed by atoms with Crippen LogP contribution < -0.4 is 16.0 Å². The summed E-state index contributed by atoms with van der Waals surface area (Å²) in [6, 6.07) is -4.07. The summed E-state index contributed by atoms with van der Waals surface area (Å²) in [5, 5.41) is 10.9. The van der Waals surface area contributed by atoms with E-state index in [1.165, 1.54) is 6.92 Å². The maximum Gasteiger partial charge on any atom is 0.245 e. The second kappa shape index (κ2) is 14.2. The van der Waals surface area contributed by atoms with Crippen LogP contribution in [0.4, 0.5) is 4.39 Å². The van der Waals surface area contributed by atoms with E-state index in [9.17, 15) is 28.4 Å². The van der Waals surface area contributed by atoms with Crippen molar-refractivity contribution in [2.45, 2.75) is 103 Å². The smallest absolute Gasteiger partial charge is 0.245 e. The number of carbonyl (C=O) groups excluding carboxylic acids is 5. The standard InChI is InChI=1S/C25H40FN7O6/c1-6-7-8-17(22(36)31-18(9-14(2)3)21(35)25(5)13-39-25)30-23(37)19-10-16(26)12-33(19)24(38)15(4)29-20(34)11-28-32-27/h14-19H,6-13H2,1-5H3,(H,29,34)(H,30,37)(H,31,36)/t15-,16-,17-,18-,19-,25+/m0/s1. The third-order valence-electron chi connectivity index (χ3n) is 6.78. The van der Waals surface area contributed by atoms with Crippen LogP contribution in [0.15, 0.2) is 5.11 Å². The summed E-state index contributed by atoms with van der Waals surface area (Å²) in [6.07, 6.45) is 0.309. The van der Waals surface area contributed by atoms with Crippen molar-refractivity contribution in [3.8, 4) is 0 Å². The number of nitrogens with zero attached hydrogens (tertiary/aromatic N) is 4. The van der Waals surface area contributed by atoms with Crippen molar-refractivity contribution in [3.05, 3.63) is 10.4 Å². The summed E-state index contributed by atoms with van der Waals surface area (Å²) in [7, 11) is 0. The third-order valence-corrected chi connectivity index (χ3v) is 6.78. The van der Waals surface area contributed by atoms with Crippen LogP contribution in [0.5, 0.6) is 0 Å². The van der Waals surface area contributed by atoms with Crippen molar-refractivity contribution in [1.29, 1.82) is 0 Å². The molecule has 0 aliphatic carbocycles. The Balaban J connectivity index is 2.13. The van der Waals surface area contributed by atoms with Gasteiger partial charge in [0.05, 0.1) is 19.2 Å². The van der Waals surface area contributed by atoms with Gasteiger partial charge in [0.15, 0.2) is 5.78 Å². The molecular formula is C25H40FN7O6. The molecule has 2 aliphatic rings. The molecule has 14 heteroatoms. The highest BCUT2D eigenvalue weighted by atomic mass is 19.1. The molecule has 3 N–H and O–H groups in total. The Morgan fingerprint density at radius 3 is 2.38 bits per heavy atom. The lowest BCUT2D eigenvalue weighted by Crippen LogP contribution is -2.57. The first-order valence-electron chi connectivity index (χ1n) is 13.4. The first-order valence-corrected chi connectivity index (χ1v) is 13.4. The maximum atomic E-state index is 14.4.